The largest absolute Gasteiger partial charge is 0.479 e. The van der Waals surface area contributed by atoms with E-state index in [9.17, 15) is 9.00 Å². The molecule has 0 saturated carbocycles. The fourth-order valence-electron chi connectivity index (χ4n) is 1.67. The van der Waals surface area contributed by atoms with Crippen molar-refractivity contribution in [2.45, 2.75) is 11.7 Å². The number of rotatable bonds is 2. The number of hydrogen-bond donors (Lipinski definition) is 0. The molecule has 16 heavy (non-hydrogen) atoms. The first-order valence-corrected chi connectivity index (χ1v) is 6.12. The maximum atomic E-state index is 12.1. The van der Waals surface area contributed by atoms with E-state index in [1.165, 1.54) is 11.7 Å². The first-order chi connectivity index (χ1) is 7.56. The van der Waals surface area contributed by atoms with Gasteiger partial charge in [-0.05, 0) is 0 Å². The Labute approximate surface area is 95.3 Å². The number of aromatic nitrogens is 2. The Balaban J connectivity index is 2.74. The topological polar surface area (TPSA) is 64.4 Å². The van der Waals surface area contributed by atoms with Crippen molar-refractivity contribution in [2.24, 2.45) is 0 Å². The van der Waals surface area contributed by atoms with Crippen molar-refractivity contribution in [3.05, 3.63) is 10.4 Å². The van der Waals surface area contributed by atoms with E-state index in [2.05, 4.69) is 4.98 Å². The van der Waals surface area contributed by atoms with Crippen LogP contribution in [0.2, 0.25) is 0 Å². The summed E-state index contributed by atoms with van der Waals surface area (Å²) in [6.07, 6.45) is 0. The molecule has 1 aromatic heterocycles. The highest BCUT2D eigenvalue weighted by atomic mass is 32.2. The second kappa shape index (κ2) is 3.89. The summed E-state index contributed by atoms with van der Waals surface area (Å²) in [6.45, 7) is 0.457. The monoisotopic (exact) mass is 243 g/mol. The van der Waals surface area contributed by atoms with Gasteiger partial charge in [0.25, 0.3) is 5.56 Å². The van der Waals surface area contributed by atoms with E-state index in [0.717, 1.165) is 0 Å². The van der Waals surface area contributed by atoms with Gasteiger partial charge in [0, 0.05) is 26.4 Å². The lowest BCUT2D eigenvalue weighted by Gasteiger charge is -2.16. The highest BCUT2D eigenvalue weighted by Crippen LogP contribution is 2.23. The first-order valence-electron chi connectivity index (χ1n) is 4.80. The van der Waals surface area contributed by atoms with Gasteiger partial charge in [0.15, 0.2) is 5.69 Å². The average molecular weight is 243 g/mol. The summed E-state index contributed by atoms with van der Waals surface area (Å²) < 4.78 is 18.1. The van der Waals surface area contributed by atoms with Gasteiger partial charge >= 0.3 is 0 Å². The summed E-state index contributed by atoms with van der Waals surface area (Å²) in [6, 6.07) is 0. The van der Waals surface area contributed by atoms with Gasteiger partial charge in [-0.25, -0.2) is 0 Å². The molecule has 1 atom stereocenters. The molecule has 88 valence electrons. The Morgan fingerprint density at radius 1 is 1.50 bits per heavy atom. The van der Waals surface area contributed by atoms with Crippen molar-refractivity contribution in [1.29, 1.82) is 0 Å². The maximum Gasteiger partial charge on any atom is 0.281 e. The lowest BCUT2D eigenvalue weighted by atomic mass is 10.4. The van der Waals surface area contributed by atoms with E-state index in [-0.39, 0.29) is 11.4 Å². The van der Waals surface area contributed by atoms with E-state index in [0.29, 0.717) is 23.1 Å². The van der Waals surface area contributed by atoms with Gasteiger partial charge in [0.1, 0.15) is 0 Å². The third-order valence-electron chi connectivity index (χ3n) is 2.42. The summed E-state index contributed by atoms with van der Waals surface area (Å²) in [5, 5.41) is 0.312. The molecular formula is C9H13N3O3S. The van der Waals surface area contributed by atoms with E-state index in [4.69, 9.17) is 4.74 Å². The molecule has 6 nitrogen and oxygen atoms in total. The van der Waals surface area contributed by atoms with Crippen molar-refractivity contribution in [3.63, 3.8) is 0 Å². The average Bonchev–Trinajstić information content (AvgIpc) is 2.60. The van der Waals surface area contributed by atoms with Crippen LogP contribution in [0.1, 0.15) is 0 Å². The molecule has 2 heterocycles. The minimum Gasteiger partial charge on any atom is -0.479 e. The highest BCUT2D eigenvalue weighted by molar-refractivity contribution is 7.85. The SMILES string of the molecule is COc1nc2n(c(=O)c1N(C)C)CCS2=O. The number of methoxy groups -OCH3 is 1. The van der Waals surface area contributed by atoms with Crippen molar-refractivity contribution in [2.75, 3.05) is 31.9 Å². The second-order valence-corrected chi connectivity index (χ2v) is 5.12. The van der Waals surface area contributed by atoms with Gasteiger partial charge in [-0.1, -0.05) is 0 Å². The Morgan fingerprint density at radius 2 is 2.19 bits per heavy atom. The molecule has 0 amide bonds. The maximum absolute atomic E-state index is 12.1. The van der Waals surface area contributed by atoms with E-state index in [1.54, 1.807) is 19.0 Å². The van der Waals surface area contributed by atoms with Crippen LogP contribution >= 0.6 is 0 Å². The quantitative estimate of drug-likeness (QED) is 0.651. The van der Waals surface area contributed by atoms with Gasteiger partial charge in [-0.2, -0.15) is 4.98 Å². The van der Waals surface area contributed by atoms with Gasteiger partial charge in [0.2, 0.25) is 11.0 Å². The number of hydrogen-bond acceptors (Lipinski definition) is 5. The third kappa shape index (κ3) is 1.51. The van der Waals surface area contributed by atoms with Gasteiger partial charge in [0.05, 0.1) is 17.9 Å². The van der Waals surface area contributed by atoms with Crippen molar-refractivity contribution >= 4 is 16.5 Å². The zero-order chi connectivity index (χ0) is 11.9. The van der Waals surface area contributed by atoms with Crippen molar-refractivity contribution in [3.8, 4) is 5.88 Å². The molecule has 0 saturated heterocycles. The normalized spacial score (nSPS) is 18.3. The van der Waals surface area contributed by atoms with Crippen LogP contribution in [-0.2, 0) is 17.3 Å². The zero-order valence-corrected chi connectivity index (χ0v) is 10.2. The Hall–Kier alpha value is -1.37. The summed E-state index contributed by atoms with van der Waals surface area (Å²) in [4.78, 5) is 17.9. The minimum absolute atomic E-state index is 0.197. The predicted octanol–water partition coefficient (Wildman–Crippen LogP) is -0.561. The van der Waals surface area contributed by atoms with Crippen LogP contribution in [0.15, 0.2) is 9.95 Å². The molecule has 0 radical (unpaired) electrons. The molecule has 1 aromatic rings. The second-order valence-electron chi connectivity index (χ2n) is 3.65. The molecule has 0 N–H and O–H groups in total. The van der Waals surface area contributed by atoms with Crippen LogP contribution < -0.4 is 15.2 Å². The Bertz CT molecular complexity index is 509. The van der Waals surface area contributed by atoms with Crippen molar-refractivity contribution < 1.29 is 8.95 Å². The van der Waals surface area contributed by atoms with Crippen LogP contribution in [0, 0.1) is 0 Å². The van der Waals surface area contributed by atoms with Crippen LogP contribution in [0.3, 0.4) is 0 Å². The zero-order valence-electron chi connectivity index (χ0n) is 9.39. The van der Waals surface area contributed by atoms with E-state index < -0.39 is 10.8 Å². The summed E-state index contributed by atoms with van der Waals surface area (Å²) in [5.74, 6) is 0.680. The molecule has 0 fully saturated rings. The Kier molecular flexibility index (Phi) is 2.71. The van der Waals surface area contributed by atoms with Crippen LogP contribution in [-0.4, -0.2) is 40.7 Å². The minimum atomic E-state index is -1.19. The number of fused-ring (bicyclic) bond motifs is 1. The van der Waals surface area contributed by atoms with Gasteiger partial charge < -0.3 is 9.64 Å². The first kappa shape index (κ1) is 11.1. The van der Waals surface area contributed by atoms with E-state index >= 15 is 0 Å². The lowest BCUT2D eigenvalue weighted by molar-refractivity contribution is 0.387. The lowest BCUT2D eigenvalue weighted by Crippen LogP contribution is -2.28. The van der Waals surface area contributed by atoms with Gasteiger partial charge in [-0.3, -0.25) is 13.6 Å². The standard InChI is InChI=1S/C9H13N3O3S/c1-11(2)6-7(15-3)10-9-12(8(6)13)4-5-16(9)14/h4-5H2,1-3H3. The molecule has 0 aromatic carbocycles. The van der Waals surface area contributed by atoms with Crippen LogP contribution in [0.5, 0.6) is 5.88 Å². The molecule has 2 rings (SSSR count). The molecule has 1 aliphatic rings. The molecule has 1 unspecified atom stereocenters. The predicted molar refractivity (Wildman–Crippen MR) is 60.7 cm³/mol. The highest BCUT2D eigenvalue weighted by Gasteiger charge is 2.26. The molecular weight excluding hydrogens is 230 g/mol. The number of ether oxygens (including phenoxy) is 1. The van der Waals surface area contributed by atoms with Crippen LogP contribution in [0.25, 0.3) is 0 Å². The summed E-state index contributed by atoms with van der Waals surface area (Å²) >= 11 is 0. The van der Waals surface area contributed by atoms with Crippen LogP contribution in [0.4, 0.5) is 5.69 Å². The van der Waals surface area contributed by atoms with Crippen molar-refractivity contribution in [1.82, 2.24) is 9.55 Å². The molecule has 0 bridgehead atoms. The fourth-order valence-corrected chi connectivity index (χ4v) is 2.80. The molecule has 1 aliphatic heterocycles. The molecule has 7 heteroatoms. The third-order valence-corrected chi connectivity index (χ3v) is 3.70. The fraction of sp³-hybridized carbons (Fsp3) is 0.556. The van der Waals surface area contributed by atoms with E-state index in [1.807, 2.05) is 0 Å². The molecule has 0 spiro atoms. The number of nitrogens with zero attached hydrogens (tertiary/aromatic N) is 3. The number of anilines is 1. The van der Waals surface area contributed by atoms with Gasteiger partial charge in [-0.15, -0.1) is 0 Å². The Morgan fingerprint density at radius 3 is 2.75 bits per heavy atom. The smallest absolute Gasteiger partial charge is 0.281 e. The molecule has 0 aliphatic carbocycles. The summed E-state index contributed by atoms with van der Waals surface area (Å²) in [5.41, 5.74) is 0.197. The summed E-state index contributed by atoms with van der Waals surface area (Å²) in [7, 11) is 3.76.